The second kappa shape index (κ2) is 6.81. The van der Waals surface area contributed by atoms with Gasteiger partial charge < -0.3 is 19.3 Å². The standard InChI is InChI=1S/C23H19NO5/c1-27-15-7-4-13(5-8-15)19-16-3-2-10-24-22(16)20(21(19)23(25)26)14-6-9-17-18(11-14)29-12-28-17/h2-11,19-21H,12H2,1H3,(H,25,26). The van der Waals surface area contributed by atoms with E-state index in [9.17, 15) is 9.90 Å². The van der Waals surface area contributed by atoms with E-state index in [4.69, 9.17) is 14.2 Å². The van der Waals surface area contributed by atoms with Crippen LogP contribution in [-0.2, 0) is 4.79 Å². The van der Waals surface area contributed by atoms with Crippen molar-refractivity contribution in [2.45, 2.75) is 11.8 Å². The first-order valence-electron chi connectivity index (χ1n) is 9.38. The molecule has 5 rings (SSSR count). The van der Waals surface area contributed by atoms with Crippen LogP contribution in [0.15, 0.2) is 60.8 Å². The summed E-state index contributed by atoms with van der Waals surface area (Å²) in [6, 6.07) is 17.0. The summed E-state index contributed by atoms with van der Waals surface area (Å²) in [6.45, 7) is 0.176. The maximum atomic E-state index is 12.5. The van der Waals surface area contributed by atoms with Gasteiger partial charge in [-0.2, -0.15) is 0 Å². The Bertz CT molecular complexity index is 1080. The van der Waals surface area contributed by atoms with Crippen molar-refractivity contribution >= 4 is 5.97 Å². The van der Waals surface area contributed by atoms with E-state index in [-0.39, 0.29) is 18.6 Å². The molecule has 3 aromatic rings. The van der Waals surface area contributed by atoms with Crippen molar-refractivity contribution in [3.8, 4) is 17.2 Å². The van der Waals surface area contributed by atoms with E-state index in [1.807, 2.05) is 54.6 Å². The molecule has 0 saturated carbocycles. The molecule has 0 bridgehead atoms. The van der Waals surface area contributed by atoms with Gasteiger partial charge in [-0.1, -0.05) is 24.3 Å². The zero-order valence-corrected chi connectivity index (χ0v) is 15.7. The fourth-order valence-corrected chi connectivity index (χ4v) is 4.46. The molecular weight excluding hydrogens is 370 g/mol. The zero-order chi connectivity index (χ0) is 20.0. The third kappa shape index (κ3) is 2.79. The molecule has 0 fully saturated rings. The fraction of sp³-hybridized carbons (Fsp3) is 0.217. The summed E-state index contributed by atoms with van der Waals surface area (Å²) < 4.78 is 16.2. The fourth-order valence-electron chi connectivity index (χ4n) is 4.46. The molecule has 1 aliphatic carbocycles. The van der Waals surface area contributed by atoms with Gasteiger partial charge in [-0.3, -0.25) is 9.78 Å². The monoisotopic (exact) mass is 389 g/mol. The largest absolute Gasteiger partial charge is 0.497 e. The second-order valence-corrected chi connectivity index (χ2v) is 7.18. The summed E-state index contributed by atoms with van der Waals surface area (Å²) >= 11 is 0. The smallest absolute Gasteiger partial charge is 0.308 e. The Balaban J connectivity index is 1.66. The first-order chi connectivity index (χ1) is 14.2. The average Bonchev–Trinajstić information content (AvgIpc) is 3.35. The molecule has 3 atom stereocenters. The molecule has 1 aliphatic heterocycles. The molecule has 0 spiro atoms. The molecule has 29 heavy (non-hydrogen) atoms. The third-order valence-electron chi connectivity index (χ3n) is 5.73. The molecule has 3 unspecified atom stereocenters. The van der Waals surface area contributed by atoms with E-state index >= 15 is 0 Å². The summed E-state index contributed by atoms with van der Waals surface area (Å²) in [5.41, 5.74) is 3.51. The highest BCUT2D eigenvalue weighted by atomic mass is 16.7. The lowest BCUT2D eigenvalue weighted by molar-refractivity contribution is -0.142. The van der Waals surface area contributed by atoms with E-state index in [0.29, 0.717) is 11.5 Å². The number of benzene rings is 2. The highest BCUT2D eigenvalue weighted by molar-refractivity contribution is 5.77. The summed E-state index contributed by atoms with van der Waals surface area (Å²) in [5, 5.41) is 10.2. The number of carboxylic acids is 1. The van der Waals surface area contributed by atoms with E-state index in [1.54, 1.807) is 13.3 Å². The van der Waals surface area contributed by atoms with Gasteiger partial charge in [0.25, 0.3) is 0 Å². The van der Waals surface area contributed by atoms with Crippen LogP contribution in [0.2, 0.25) is 0 Å². The molecule has 6 heteroatoms. The van der Waals surface area contributed by atoms with Crippen LogP contribution in [0.5, 0.6) is 17.2 Å². The highest BCUT2D eigenvalue weighted by Crippen LogP contribution is 2.52. The quantitative estimate of drug-likeness (QED) is 0.731. The molecule has 0 amide bonds. The number of aliphatic carboxylic acids is 1. The molecule has 6 nitrogen and oxygen atoms in total. The van der Waals surface area contributed by atoms with Crippen LogP contribution in [0.25, 0.3) is 0 Å². The Morgan fingerprint density at radius 3 is 2.55 bits per heavy atom. The molecule has 1 N–H and O–H groups in total. The maximum Gasteiger partial charge on any atom is 0.308 e. The van der Waals surface area contributed by atoms with Crippen LogP contribution in [0, 0.1) is 5.92 Å². The third-order valence-corrected chi connectivity index (χ3v) is 5.73. The van der Waals surface area contributed by atoms with Gasteiger partial charge in [-0.15, -0.1) is 0 Å². The van der Waals surface area contributed by atoms with Gasteiger partial charge in [0.15, 0.2) is 11.5 Å². The number of ether oxygens (including phenoxy) is 3. The summed E-state index contributed by atoms with van der Waals surface area (Å²) in [5.74, 6) is -0.191. The Morgan fingerprint density at radius 1 is 1.03 bits per heavy atom. The van der Waals surface area contributed by atoms with Crippen LogP contribution in [0.1, 0.15) is 34.2 Å². The van der Waals surface area contributed by atoms with E-state index in [2.05, 4.69) is 4.98 Å². The Morgan fingerprint density at radius 2 is 1.79 bits per heavy atom. The van der Waals surface area contributed by atoms with Crippen molar-refractivity contribution in [2.24, 2.45) is 5.92 Å². The van der Waals surface area contributed by atoms with Crippen molar-refractivity contribution in [3.63, 3.8) is 0 Å². The number of nitrogens with zero attached hydrogens (tertiary/aromatic N) is 1. The molecule has 146 valence electrons. The van der Waals surface area contributed by atoms with Crippen molar-refractivity contribution in [2.75, 3.05) is 13.9 Å². The van der Waals surface area contributed by atoms with Gasteiger partial charge >= 0.3 is 5.97 Å². The van der Waals surface area contributed by atoms with E-state index in [0.717, 1.165) is 28.1 Å². The Hall–Kier alpha value is -3.54. The number of carboxylic acid groups (broad SMARTS) is 1. The summed E-state index contributed by atoms with van der Waals surface area (Å²) in [6.07, 6.45) is 1.72. The number of aromatic nitrogens is 1. The number of rotatable bonds is 4. The minimum absolute atomic E-state index is 0.176. The van der Waals surface area contributed by atoms with E-state index < -0.39 is 11.9 Å². The molecule has 2 heterocycles. The summed E-state index contributed by atoms with van der Waals surface area (Å²) in [7, 11) is 1.61. The van der Waals surface area contributed by atoms with Crippen molar-refractivity contribution in [3.05, 3.63) is 83.2 Å². The van der Waals surface area contributed by atoms with E-state index in [1.165, 1.54) is 0 Å². The van der Waals surface area contributed by atoms with Gasteiger partial charge in [0.2, 0.25) is 6.79 Å². The van der Waals surface area contributed by atoms with Gasteiger partial charge in [0.05, 0.1) is 18.7 Å². The van der Waals surface area contributed by atoms with Gasteiger partial charge in [0, 0.05) is 18.0 Å². The number of methoxy groups -OCH3 is 1. The SMILES string of the molecule is COc1ccc(C2c3cccnc3C(c3ccc4c(c3)OCO4)C2C(=O)O)cc1. The van der Waals surface area contributed by atoms with Crippen LogP contribution in [0.3, 0.4) is 0 Å². The Labute approximate surface area is 167 Å². The number of hydrogen-bond acceptors (Lipinski definition) is 5. The maximum absolute atomic E-state index is 12.5. The molecule has 1 aromatic heterocycles. The van der Waals surface area contributed by atoms with Crippen LogP contribution in [-0.4, -0.2) is 30.0 Å². The normalized spacial score (nSPS) is 21.6. The minimum Gasteiger partial charge on any atom is -0.497 e. The second-order valence-electron chi connectivity index (χ2n) is 7.18. The minimum atomic E-state index is -0.855. The van der Waals surface area contributed by atoms with Gasteiger partial charge in [0.1, 0.15) is 5.75 Å². The van der Waals surface area contributed by atoms with Crippen LogP contribution < -0.4 is 14.2 Å². The number of hydrogen-bond donors (Lipinski definition) is 1. The van der Waals surface area contributed by atoms with Gasteiger partial charge in [-0.05, 0) is 47.0 Å². The molecular formula is C23H19NO5. The predicted molar refractivity (Wildman–Crippen MR) is 105 cm³/mol. The van der Waals surface area contributed by atoms with Crippen LogP contribution >= 0.6 is 0 Å². The van der Waals surface area contributed by atoms with Crippen molar-refractivity contribution in [1.82, 2.24) is 4.98 Å². The molecule has 0 saturated heterocycles. The first kappa shape index (κ1) is 17.6. The molecule has 0 radical (unpaired) electrons. The molecule has 2 aliphatic rings. The first-order valence-corrected chi connectivity index (χ1v) is 9.38. The van der Waals surface area contributed by atoms with Crippen molar-refractivity contribution < 1.29 is 24.1 Å². The topological polar surface area (TPSA) is 77.9 Å². The predicted octanol–water partition coefficient (Wildman–Crippen LogP) is 3.80. The number of pyridine rings is 1. The number of carbonyl (C=O) groups is 1. The Kier molecular flexibility index (Phi) is 4.12. The highest BCUT2D eigenvalue weighted by Gasteiger charge is 2.47. The van der Waals surface area contributed by atoms with Gasteiger partial charge in [-0.25, -0.2) is 0 Å². The zero-order valence-electron chi connectivity index (χ0n) is 15.7. The lowest BCUT2D eigenvalue weighted by Crippen LogP contribution is -2.24. The molecule has 2 aromatic carbocycles. The average molecular weight is 389 g/mol. The summed E-state index contributed by atoms with van der Waals surface area (Å²) in [4.78, 5) is 17.1. The van der Waals surface area contributed by atoms with Crippen LogP contribution in [0.4, 0.5) is 0 Å². The number of fused-ring (bicyclic) bond motifs is 2. The lowest BCUT2D eigenvalue weighted by atomic mass is 9.80. The van der Waals surface area contributed by atoms with Crippen molar-refractivity contribution in [1.29, 1.82) is 0 Å². The lowest BCUT2D eigenvalue weighted by Gasteiger charge is -2.22.